The summed E-state index contributed by atoms with van der Waals surface area (Å²) >= 11 is 0. The van der Waals surface area contributed by atoms with Crippen LogP contribution in [0.5, 0.6) is 0 Å². The van der Waals surface area contributed by atoms with Crippen molar-refractivity contribution >= 4 is 17.7 Å². The topological polar surface area (TPSA) is 116 Å². The van der Waals surface area contributed by atoms with Crippen molar-refractivity contribution in [2.24, 2.45) is 0 Å². The lowest BCUT2D eigenvalue weighted by atomic mass is 10.1. The molecule has 23 heavy (non-hydrogen) atoms. The molecule has 1 atom stereocenters. The second kappa shape index (κ2) is 6.51. The predicted octanol–water partition coefficient (Wildman–Crippen LogP) is 0.857. The summed E-state index contributed by atoms with van der Waals surface area (Å²) in [5, 5.41) is 9.21. The predicted molar refractivity (Wildman–Crippen MR) is 83.5 cm³/mol. The molecule has 9 nitrogen and oxygen atoms in total. The fourth-order valence-electron chi connectivity index (χ4n) is 2.62. The average molecular weight is 318 g/mol. The Bertz CT molecular complexity index is 740. The van der Waals surface area contributed by atoms with Gasteiger partial charge in [-0.1, -0.05) is 5.16 Å². The van der Waals surface area contributed by atoms with E-state index in [0.29, 0.717) is 23.9 Å². The number of aryl methyl sites for hydroxylation is 1. The zero-order valence-electron chi connectivity index (χ0n) is 12.7. The Balaban J connectivity index is 1.59. The van der Waals surface area contributed by atoms with Gasteiger partial charge in [-0.25, -0.2) is 9.78 Å². The van der Waals surface area contributed by atoms with Crippen molar-refractivity contribution in [1.29, 1.82) is 0 Å². The highest BCUT2D eigenvalue weighted by Crippen LogP contribution is 2.14. The highest BCUT2D eigenvalue weighted by atomic mass is 16.5. The normalized spacial score (nSPS) is 17.8. The first-order valence-electron chi connectivity index (χ1n) is 7.41. The summed E-state index contributed by atoms with van der Waals surface area (Å²) in [6.45, 7) is 3.02. The number of urea groups is 1. The fraction of sp³-hybridized carbons (Fsp3) is 0.429. The number of H-pyrrole nitrogens is 1. The molecule has 3 N–H and O–H groups in total. The van der Waals surface area contributed by atoms with Gasteiger partial charge in [0.2, 0.25) is 0 Å². The molecule has 1 aliphatic rings. The number of carbonyl (C=O) groups is 1. The number of amides is 2. The number of aromatic nitrogens is 3. The number of anilines is 2. The Labute approximate surface area is 132 Å². The number of hydrogen-bond acceptors (Lipinski definition) is 6. The fourth-order valence-corrected chi connectivity index (χ4v) is 2.62. The van der Waals surface area contributed by atoms with Gasteiger partial charge in [0.05, 0.1) is 0 Å². The molecule has 9 heteroatoms. The number of carbonyl (C=O) groups excluding carboxylic acids is 1. The first kappa shape index (κ1) is 15.1. The molecule has 0 aliphatic carbocycles. The first-order valence-corrected chi connectivity index (χ1v) is 7.41. The van der Waals surface area contributed by atoms with Crippen LogP contribution in [0.2, 0.25) is 0 Å². The molecule has 3 rings (SSSR count). The lowest BCUT2D eigenvalue weighted by Gasteiger charge is -2.33. The molecule has 0 bridgehead atoms. The van der Waals surface area contributed by atoms with Crippen LogP contribution in [0.1, 0.15) is 18.6 Å². The van der Waals surface area contributed by atoms with Crippen LogP contribution in [0.3, 0.4) is 0 Å². The minimum absolute atomic E-state index is 0.0712. The second-order valence-corrected chi connectivity index (χ2v) is 5.45. The molecule has 1 saturated heterocycles. The molecular weight excluding hydrogens is 300 g/mol. The van der Waals surface area contributed by atoms with Gasteiger partial charge >= 0.3 is 6.03 Å². The first-order chi connectivity index (χ1) is 11.1. The lowest BCUT2D eigenvalue weighted by molar-refractivity contribution is 0.246. The number of nitrogens with one attached hydrogen (secondary N) is 3. The van der Waals surface area contributed by atoms with E-state index in [0.717, 1.165) is 19.4 Å². The lowest BCUT2D eigenvalue weighted by Crippen LogP contribution is -2.50. The van der Waals surface area contributed by atoms with Crippen molar-refractivity contribution in [2.45, 2.75) is 25.8 Å². The van der Waals surface area contributed by atoms with Crippen molar-refractivity contribution in [1.82, 2.24) is 20.4 Å². The minimum atomic E-state index is -0.347. The van der Waals surface area contributed by atoms with Gasteiger partial charge < -0.3 is 19.7 Å². The molecule has 0 radical (unpaired) electrons. The van der Waals surface area contributed by atoms with Crippen LogP contribution >= 0.6 is 0 Å². The molecule has 0 saturated carbocycles. The van der Waals surface area contributed by atoms with E-state index in [9.17, 15) is 9.59 Å². The summed E-state index contributed by atoms with van der Waals surface area (Å²) < 4.78 is 4.90. The van der Waals surface area contributed by atoms with Gasteiger partial charge in [-0.3, -0.25) is 10.1 Å². The molecule has 2 amide bonds. The molecule has 1 aliphatic heterocycles. The van der Waals surface area contributed by atoms with Gasteiger partial charge in [-0.2, -0.15) is 0 Å². The maximum Gasteiger partial charge on any atom is 0.320 e. The summed E-state index contributed by atoms with van der Waals surface area (Å²) in [7, 11) is 0. The Kier molecular flexibility index (Phi) is 4.26. The van der Waals surface area contributed by atoms with Crippen LogP contribution in [0.25, 0.3) is 0 Å². The highest BCUT2D eigenvalue weighted by molar-refractivity contribution is 5.88. The van der Waals surface area contributed by atoms with Crippen LogP contribution in [-0.4, -0.2) is 40.3 Å². The van der Waals surface area contributed by atoms with E-state index in [-0.39, 0.29) is 17.6 Å². The van der Waals surface area contributed by atoms with E-state index in [1.165, 1.54) is 6.20 Å². The maximum absolute atomic E-state index is 12.0. The SMILES string of the molecule is Cc1cc(NC(=O)N[C@@H]2CCCN(c3ncc[nH]c3=O)C2)no1. The second-order valence-electron chi connectivity index (χ2n) is 5.45. The zero-order valence-corrected chi connectivity index (χ0v) is 12.7. The third-order valence-corrected chi connectivity index (χ3v) is 3.61. The minimum Gasteiger partial charge on any atom is -0.360 e. The van der Waals surface area contributed by atoms with Gasteiger partial charge in [0, 0.05) is 37.6 Å². The van der Waals surface area contributed by atoms with Crippen LogP contribution in [-0.2, 0) is 0 Å². The maximum atomic E-state index is 12.0. The van der Waals surface area contributed by atoms with Crippen LogP contribution in [0.4, 0.5) is 16.4 Å². The number of nitrogens with zero attached hydrogens (tertiary/aromatic N) is 3. The monoisotopic (exact) mass is 318 g/mol. The van der Waals surface area contributed by atoms with Crippen molar-refractivity contribution in [3.8, 4) is 0 Å². The molecule has 2 aromatic heterocycles. The van der Waals surface area contributed by atoms with E-state index < -0.39 is 0 Å². The molecule has 0 aromatic carbocycles. The third kappa shape index (κ3) is 3.68. The van der Waals surface area contributed by atoms with Crippen molar-refractivity contribution in [3.05, 3.63) is 34.6 Å². The number of aromatic amines is 1. The van der Waals surface area contributed by atoms with E-state index in [1.807, 2.05) is 4.90 Å². The Morgan fingerprint density at radius 3 is 3.13 bits per heavy atom. The van der Waals surface area contributed by atoms with Gasteiger partial charge in [-0.15, -0.1) is 0 Å². The molecule has 122 valence electrons. The molecule has 0 unspecified atom stereocenters. The Hall–Kier alpha value is -2.84. The Morgan fingerprint density at radius 1 is 1.52 bits per heavy atom. The number of rotatable bonds is 3. The van der Waals surface area contributed by atoms with Crippen molar-refractivity contribution < 1.29 is 9.32 Å². The van der Waals surface area contributed by atoms with E-state index in [2.05, 4.69) is 25.8 Å². The summed E-state index contributed by atoms with van der Waals surface area (Å²) in [5.74, 6) is 1.37. The van der Waals surface area contributed by atoms with Gasteiger partial charge in [0.25, 0.3) is 5.56 Å². The average Bonchev–Trinajstić information content (AvgIpc) is 2.93. The quantitative estimate of drug-likeness (QED) is 0.773. The molecule has 1 fully saturated rings. The summed E-state index contributed by atoms with van der Waals surface area (Å²) in [6.07, 6.45) is 4.75. The van der Waals surface area contributed by atoms with E-state index in [1.54, 1.807) is 19.2 Å². The number of hydrogen-bond donors (Lipinski definition) is 3. The summed E-state index contributed by atoms with van der Waals surface area (Å²) in [6, 6.07) is 1.22. The third-order valence-electron chi connectivity index (χ3n) is 3.61. The largest absolute Gasteiger partial charge is 0.360 e. The van der Waals surface area contributed by atoms with Crippen LogP contribution in [0.15, 0.2) is 27.8 Å². The van der Waals surface area contributed by atoms with E-state index >= 15 is 0 Å². The highest BCUT2D eigenvalue weighted by Gasteiger charge is 2.24. The van der Waals surface area contributed by atoms with Crippen molar-refractivity contribution in [2.75, 3.05) is 23.3 Å². The van der Waals surface area contributed by atoms with Crippen molar-refractivity contribution in [3.63, 3.8) is 0 Å². The Morgan fingerprint density at radius 2 is 2.39 bits per heavy atom. The van der Waals surface area contributed by atoms with Gasteiger partial charge in [-0.05, 0) is 19.8 Å². The smallest absolute Gasteiger partial charge is 0.320 e. The van der Waals surface area contributed by atoms with Gasteiger partial charge in [0.1, 0.15) is 5.76 Å². The summed E-state index contributed by atoms with van der Waals surface area (Å²) in [4.78, 5) is 32.4. The van der Waals surface area contributed by atoms with Crippen LogP contribution < -0.4 is 21.1 Å². The van der Waals surface area contributed by atoms with Gasteiger partial charge in [0.15, 0.2) is 11.6 Å². The molecular formula is C14H18N6O3. The summed E-state index contributed by atoms with van der Waals surface area (Å²) in [5.41, 5.74) is -0.226. The van der Waals surface area contributed by atoms with E-state index in [4.69, 9.17) is 4.52 Å². The molecule has 3 heterocycles. The van der Waals surface area contributed by atoms with Crippen LogP contribution in [0, 0.1) is 6.92 Å². The number of piperidine rings is 1. The molecule has 0 spiro atoms. The zero-order chi connectivity index (χ0) is 16.2. The molecule has 2 aromatic rings. The standard InChI is InChI=1S/C14H18N6O3/c1-9-7-11(19-23-9)18-14(22)17-10-3-2-6-20(8-10)12-13(21)16-5-4-15-12/h4-5,7,10H,2-3,6,8H2,1H3,(H,16,21)(H2,17,18,19,22)/t10-/m1/s1.